The average molecular weight is 540 g/mol. The zero-order chi connectivity index (χ0) is 27.9. The number of rotatable bonds is 11. The first-order valence-electron chi connectivity index (χ1n) is 9.73. The summed E-state index contributed by atoms with van der Waals surface area (Å²) in [6, 6.07) is 4.34. The molecule has 0 aliphatic rings. The molecule has 0 saturated carbocycles. The number of methoxy groups -OCH3 is 1. The maximum atomic E-state index is 14.4. The molecule has 1 aromatic rings. The minimum atomic E-state index is -7.94. The summed E-state index contributed by atoms with van der Waals surface area (Å²) in [4.78, 5) is 0. The fraction of sp³-hybridized carbons (Fsp3) is 0.700. The van der Waals surface area contributed by atoms with E-state index in [4.69, 9.17) is 9.47 Å². The number of alkyl halides is 13. The van der Waals surface area contributed by atoms with Gasteiger partial charge in [-0.15, -0.1) is 0 Å². The smallest absolute Gasteiger partial charge is 0.460 e. The van der Waals surface area contributed by atoms with Gasteiger partial charge in [-0.3, -0.25) is 0 Å². The molecule has 0 aromatic heterocycles. The zero-order valence-corrected chi connectivity index (χ0v) is 18.5. The summed E-state index contributed by atoms with van der Waals surface area (Å²) in [6.07, 6.45) is -9.69. The van der Waals surface area contributed by atoms with Crippen LogP contribution in [-0.2, 0) is 10.3 Å². The number of benzene rings is 1. The molecule has 2 atom stereocenters. The third-order valence-corrected chi connectivity index (χ3v) is 5.39. The van der Waals surface area contributed by atoms with Gasteiger partial charge in [-0.05, 0) is 38.0 Å². The molecule has 1 rings (SSSR count). The molecular weight excluding hydrogens is 519 g/mol. The normalized spacial score (nSPS) is 17.2. The largest absolute Gasteiger partial charge is 0.491 e. The van der Waals surface area contributed by atoms with Gasteiger partial charge < -0.3 is 9.47 Å². The molecule has 0 amide bonds. The molecule has 1 aromatic carbocycles. The lowest BCUT2D eigenvalue weighted by Gasteiger charge is -2.42. The van der Waals surface area contributed by atoms with Crippen molar-refractivity contribution in [3.05, 3.63) is 29.8 Å². The van der Waals surface area contributed by atoms with Crippen molar-refractivity contribution in [2.75, 3.05) is 7.11 Å². The van der Waals surface area contributed by atoms with E-state index in [9.17, 15) is 57.1 Å². The molecule has 0 spiro atoms. The maximum absolute atomic E-state index is 14.4. The van der Waals surface area contributed by atoms with E-state index in [1.165, 1.54) is 12.1 Å². The number of ether oxygens (including phenoxy) is 2. The molecule has 0 saturated heterocycles. The van der Waals surface area contributed by atoms with Crippen LogP contribution in [0.2, 0.25) is 0 Å². The Balaban J connectivity index is 3.42. The van der Waals surface area contributed by atoms with Gasteiger partial charge in [0.2, 0.25) is 0 Å². The minimum Gasteiger partial charge on any atom is -0.491 e. The molecule has 204 valence electrons. The summed E-state index contributed by atoms with van der Waals surface area (Å²) in [7, 11) is 0.669. The molecule has 2 nitrogen and oxygen atoms in total. The van der Waals surface area contributed by atoms with E-state index < -0.39 is 47.8 Å². The first-order chi connectivity index (χ1) is 15.4. The predicted octanol–water partition coefficient (Wildman–Crippen LogP) is 7.85. The van der Waals surface area contributed by atoms with Gasteiger partial charge in [-0.1, -0.05) is 19.1 Å². The van der Waals surface area contributed by atoms with Gasteiger partial charge in [0.25, 0.3) is 0 Å². The van der Waals surface area contributed by atoms with E-state index >= 15 is 0 Å². The maximum Gasteiger partial charge on any atom is 0.460 e. The molecule has 15 heteroatoms. The van der Waals surface area contributed by atoms with E-state index in [2.05, 4.69) is 0 Å². The monoisotopic (exact) mass is 540 g/mol. The fourth-order valence-corrected chi connectivity index (χ4v) is 2.83. The van der Waals surface area contributed by atoms with Crippen molar-refractivity contribution in [2.45, 2.75) is 81.1 Å². The lowest BCUT2D eigenvalue weighted by atomic mass is 9.84. The Morgan fingerprint density at radius 2 is 1.14 bits per heavy atom. The van der Waals surface area contributed by atoms with Crippen LogP contribution in [0.4, 0.5) is 57.1 Å². The molecule has 0 bridgehead atoms. The third-order valence-electron chi connectivity index (χ3n) is 5.39. The highest BCUT2D eigenvalue weighted by molar-refractivity contribution is 5.31. The summed E-state index contributed by atoms with van der Waals surface area (Å²) in [6.45, 7) is 4.11. The van der Waals surface area contributed by atoms with Crippen LogP contribution >= 0.6 is 0 Å². The fourth-order valence-electron chi connectivity index (χ4n) is 2.83. The Kier molecular flexibility index (Phi) is 8.45. The Bertz CT molecular complexity index is 850. The van der Waals surface area contributed by atoms with Crippen LogP contribution in [-0.4, -0.2) is 49.0 Å². The lowest BCUT2D eigenvalue weighted by Crippen LogP contribution is -2.70. The average Bonchev–Trinajstić information content (AvgIpc) is 2.72. The van der Waals surface area contributed by atoms with E-state index in [1.54, 1.807) is 13.8 Å². The van der Waals surface area contributed by atoms with Gasteiger partial charge in [0, 0.05) is 7.11 Å². The van der Waals surface area contributed by atoms with Crippen molar-refractivity contribution in [3.63, 3.8) is 0 Å². The van der Waals surface area contributed by atoms with Gasteiger partial charge in [0.05, 0.1) is 18.1 Å². The van der Waals surface area contributed by atoms with Crippen LogP contribution < -0.4 is 4.74 Å². The summed E-state index contributed by atoms with van der Waals surface area (Å²) in [5, 5.41) is 0. The van der Waals surface area contributed by atoms with E-state index in [0.29, 0.717) is 20.5 Å². The zero-order valence-electron chi connectivity index (χ0n) is 18.5. The number of hydrogen-bond donors (Lipinski definition) is 0. The van der Waals surface area contributed by atoms with Crippen LogP contribution in [0.1, 0.15) is 39.2 Å². The summed E-state index contributed by atoms with van der Waals surface area (Å²) in [5.74, 6) is -37.0. The van der Waals surface area contributed by atoms with Crippen LogP contribution in [0.25, 0.3) is 0 Å². The first-order valence-corrected chi connectivity index (χ1v) is 9.73. The van der Waals surface area contributed by atoms with Gasteiger partial charge in [0.15, 0.2) is 0 Å². The Hall–Kier alpha value is -1.93. The van der Waals surface area contributed by atoms with Crippen molar-refractivity contribution in [2.24, 2.45) is 0 Å². The molecular formula is C20H21F13O2. The van der Waals surface area contributed by atoms with E-state index in [1.807, 2.05) is 0 Å². The first kappa shape index (κ1) is 31.1. The van der Waals surface area contributed by atoms with Crippen molar-refractivity contribution in [1.82, 2.24) is 0 Å². The second kappa shape index (κ2) is 9.51. The quantitative estimate of drug-likeness (QED) is 0.266. The highest BCUT2D eigenvalue weighted by atomic mass is 19.4. The Morgan fingerprint density at radius 3 is 1.51 bits per heavy atom. The molecule has 2 unspecified atom stereocenters. The van der Waals surface area contributed by atoms with Crippen molar-refractivity contribution < 1.29 is 66.5 Å². The molecule has 35 heavy (non-hydrogen) atoms. The predicted molar refractivity (Wildman–Crippen MR) is 96.6 cm³/mol. The van der Waals surface area contributed by atoms with Crippen molar-refractivity contribution in [3.8, 4) is 5.75 Å². The highest BCUT2D eigenvalue weighted by Gasteiger charge is 2.90. The number of hydrogen-bond acceptors (Lipinski definition) is 2. The Labute approximate surface area is 191 Å². The standard InChI is InChI=1S/C20H21F13O2/c1-5-11(2)35-13-8-6-12(7-9-13)14(3,34-4)10-15(21,22)16(23,24)17(25,26)18(27,28)19(29,30)20(31,32)33/h6-9,11H,5,10H2,1-4H3. The van der Waals surface area contributed by atoms with Crippen molar-refractivity contribution >= 4 is 0 Å². The molecule has 0 radical (unpaired) electrons. The van der Waals surface area contributed by atoms with Gasteiger partial charge >= 0.3 is 35.8 Å². The summed E-state index contributed by atoms with van der Waals surface area (Å²) >= 11 is 0. The summed E-state index contributed by atoms with van der Waals surface area (Å²) in [5.41, 5.74) is -2.98. The van der Waals surface area contributed by atoms with Gasteiger partial charge in [-0.2, -0.15) is 57.1 Å². The van der Waals surface area contributed by atoms with Crippen LogP contribution in [0.15, 0.2) is 24.3 Å². The third kappa shape index (κ3) is 5.29. The van der Waals surface area contributed by atoms with E-state index in [-0.39, 0.29) is 17.4 Å². The van der Waals surface area contributed by atoms with Gasteiger partial charge in [0.1, 0.15) is 5.75 Å². The van der Waals surface area contributed by atoms with Crippen LogP contribution in [0.5, 0.6) is 5.75 Å². The molecule has 0 N–H and O–H groups in total. The minimum absolute atomic E-state index is 0.180. The Morgan fingerprint density at radius 1 is 0.714 bits per heavy atom. The molecule has 0 heterocycles. The van der Waals surface area contributed by atoms with Crippen LogP contribution in [0.3, 0.4) is 0 Å². The highest BCUT2D eigenvalue weighted by Crippen LogP contribution is 2.61. The summed E-state index contributed by atoms with van der Waals surface area (Å²) < 4.78 is 184. The van der Waals surface area contributed by atoms with Gasteiger partial charge in [-0.25, -0.2) is 0 Å². The second-order valence-corrected chi connectivity index (χ2v) is 7.97. The van der Waals surface area contributed by atoms with Crippen molar-refractivity contribution in [1.29, 1.82) is 0 Å². The number of halogens is 13. The SMILES string of the molecule is CCC(C)Oc1ccc(C(C)(CC(F)(F)C(F)(F)C(F)(F)C(F)(F)C(F)(F)C(F)(F)F)OC)cc1. The topological polar surface area (TPSA) is 18.5 Å². The lowest BCUT2D eigenvalue weighted by molar-refractivity contribution is -0.441. The second-order valence-electron chi connectivity index (χ2n) is 7.97. The van der Waals surface area contributed by atoms with E-state index in [0.717, 1.165) is 12.1 Å². The molecule has 0 aliphatic carbocycles. The molecule has 0 fully saturated rings. The molecule has 0 aliphatic heterocycles. The van der Waals surface area contributed by atoms with Crippen LogP contribution in [0, 0.1) is 0 Å².